The minimum Gasteiger partial charge on any atom is -0.473 e. The molecule has 21 heavy (non-hydrogen) atoms. The predicted molar refractivity (Wildman–Crippen MR) is 91.6 cm³/mol. The van der Waals surface area contributed by atoms with Crippen LogP contribution < -0.4 is 15.0 Å². The van der Waals surface area contributed by atoms with Gasteiger partial charge in [0.1, 0.15) is 5.75 Å². The van der Waals surface area contributed by atoms with E-state index in [0.29, 0.717) is 6.73 Å². The van der Waals surface area contributed by atoms with Gasteiger partial charge in [0.15, 0.2) is 6.73 Å². The summed E-state index contributed by atoms with van der Waals surface area (Å²) < 4.78 is 7.00. The summed E-state index contributed by atoms with van der Waals surface area (Å²) in [6, 6.07) is 14.1. The lowest BCUT2D eigenvalue weighted by atomic mass is 10.1. The summed E-state index contributed by atoms with van der Waals surface area (Å²) in [6.45, 7) is 2.81. The molecule has 1 N–H and O–H groups in total. The average molecular weight is 394 g/mol. The van der Waals surface area contributed by atoms with Crippen molar-refractivity contribution in [3.05, 3.63) is 51.6 Å². The van der Waals surface area contributed by atoms with Crippen LogP contribution in [0.25, 0.3) is 0 Å². The Hall–Kier alpha value is -1.76. The molecule has 0 aliphatic carbocycles. The van der Waals surface area contributed by atoms with E-state index >= 15 is 0 Å². The molecule has 0 radical (unpaired) electrons. The molecule has 0 saturated carbocycles. The Kier molecular flexibility index (Phi) is 4.01. The first-order chi connectivity index (χ1) is 10.1. The van der Waals surface area contributed by atoms with Gasteiger partial charge in [-0.3, -0.25) is 4.79 Å². The second-order valence-electron chi connectivity index (χ2n) is 4.95. The maximum atomic E-state index is 11.1. The third-order valence-electron chi connectivity index (χ3n) is 3.31. The molecule has 0 bridgehead atoms. The fourth-order valence-corrected chi connectivity index (χ4v) is 2.70. The van der Waals surface area contributed by atoms with Gasteiger partial charge < -0.3 is 15.0 Å². The van der Waals surface area contributed by atoms with Crippen molar-refractivity contribution >= 4 is 39.9 Å². The van der Waals surface area contributed by atoms with Crippen LogP contribution in [0.15, 0.2) is 42.5 Å². The number of halogens is 1. The van der Waals surface area contributed by atoms with Gasteiger partial charge in [-0.2, -0.15) is 0 Å². The van der Waals surface area contributed by atoms with E-state index in [9.17, 15) is 4.79 Å². The van der Waals surface area contributed by atoms with Gasteiger partial charge in [0.25, 0.3) is 0 Å². The van der Waals surface area contributed by atoms with Crippen molar-refractivity contribution < 1.29 is 9.53 Å². The molecule has 108 valence electrons. The third-order valence-corrected chi connectivity index (χ3v) is 4.03. The molecular formula is C16H15IN2O2. The van der Waals surface area contributed by atoms with Crippen molar-refractivity contribution in [2.24, 2.45) is 0 Å². The number of amides is 1. The van der Waals surface area contributed by atoms with E-state index in [-0.39, 0.29) is 5.91 Å². The number of carbonyl (C=O) groups excluding carboxylic acids is 1. The molecule has 4 nitrogen and oxygen atoms in total. The van der Waals surface area contributed by atoms with Crippen LogP contribution in [0, 0.1) is 3.57 Å². The van der Waals surface area contributed by atoms with Gasteiger partial charge in [-0.15, -0.1) is 0 Å². The molecule has 0 fully saturated rings. The van der Waals surface area contributed by atoms with E-state index in [1.807, 2.05) is 18.2 Å². The summed E-state index contributed by atoms with van der Waals surface area (Å²) >= 11 is 2.29. The maximum Gasteiger partial charge on any atom is 0.221 e. The van der Waals surface area contributed by atoms with E-state index in [2.05, 4.69) is 57.1 Å². The van der Waals surface area contributed by atoms with Gasteiger partial charge in [-0.25, -0.2) is 0 Å². The van der Waals surface area contributed by atoms with Gasteiger partial charge >= 0.3 is 0 Å². The van der Waals surface area contributed by atoms with E-state index in [4.69, 9.17) is 4.74 Å². The van der Waals surface area contributed by atoms with E-state index in [1.165, 1.54) is 10.5 Å². The van der Waals surface area contributed by atoms with E-state index < -0.39 is 0 Å². The zero-order valence-electron chi connectivity index (χ0n) is 11.6. The molecule has 0 atom stereocenters. The van der Waals surface area contributed by atoms with Crippen molar-refractivity contribution in [2.45, 2.75) is 13.5 Å². The highest BCUT2D eigenvalue weighted by molar-refractivity contribution is 14.1. The topological polar surface area (TPSA) is 41.6 Å². The molecule has 0 saturated heterocycles. The van der Waals surface area contributed by atoms with Crippen LogP contribution in [0.5, 0.6) is 5.75 Å². The lowest BCUT2D eigenvalue weighted by Gasteiger charge is -2.31. The maximum absolute atomic E-state index is 11.1. The number of hydrogen-bond donors (Lipinski definition) is 1. The van der Waals surface area contributed by atoms with Gasteiger partial charge in [0.2, 0.25) is 5.91 Å². The lowest BCUT2D eigenvalue weighted by molar-refractivity contribution is -0.114. The number of rotatable bonds is 2. The quantitative estimate of drug-likeness (QED) is 0.792. The van der Waals surface area contributed by atoms with Crippen molar-refractivity contribution in [2.75, 3.05) is 16.9 Å². The molecule has 1 aliphatic rings. The molecular weight excluding hydrogens is 379 g/mol. The largest absolute Gasteiger partial charge is 0.473 e. The molecule has 2 aromatic carbocycles. The second kappa shape index (κ2) is 5.93. The Morgan fingerprint density at radius 1 is 1.24 bits per heavy atom. The highest BCUT2D eigenvalue weighted by Crippen LogP contribution is 2.30. The second-order valence-corrected chi connectivity index (χ2v) is 6.20. The number of nitrogens with one attached hydrogen (secondary N) is 1. The summed E-state index contributed by atoms with van der Waals surface area (Å²) in [5, 5.41) is 2.80. The Bertz CT molecular complexity index is 670. The van der Waals surface area contributed by atoms with Gasteiger partial charge in [-0.05, 0) is 65.1 Å². The first-order valence-electron chi connectivity index (χ1n) is 6.65. The SMILES string of the molecule is CC(=O)Nc1ccc2c(c1)CN(c1ccc(I)cc1)CO2. The number of ether oxygens (including phenoxy) is 1. The lowest BCUT2D eigenvalue weighted by Crippen LogP contribution is -2.31. The monoisotopic (exact) mass is 394 g/mol. The van der Waals surface area contributed by atoms with Gasteiger partial charge in [0.05, 0.1) is 0 Å². The number of anilines is 2. The average Bonchev–Trinajstić information content (AvgIpc) is 2.46. The molecule has 0 spiro atoms. The summed E-state index contributed by atoms with van der Waals surface area (Å²) in [6.07, 6.45) is 0. The summed E-state index contributed by atoms with van der Waals surface area (Å²) in [4.78, 5) is 13.3. The Morgan fingerprint density at radius 3 is 2.71 bits per heavy atom. The zero-order valence-corrected chi connectivity index (χ0v) is 13.8. The summed E-state index contributed by atoms with van der Waals surface area (Å²) in [5.41, 5.74) is 3.01. The summed E-state index contributed by atoms with van der Waals surface area (Å²) in [7, 11) is 0. The van der Waals surface area contributed by atoms with Crippen molar-refractivity contribution in [3.63, 3.8) is 0 Å². The number of hydrogen-bond acceptors (Lipinski definition) is 3. The predicted octanol–water partition coefficient (Wildman–Crippen LogP) is 3.61. The molecule has 3 rings (SSSR count). The van der Waals surface area contributed by atoms with Crippen LogP contribution in [0.2, 0.25) is 0 Å². The minimum atomic E-state index is -0.0684. The van der Waals surface area contributed by atoms with Crippen LogP contribution in [0.4, 0.5) is 11.4 Å². The Balaban J connectivity index is 1.83. The number of carbonyl (C=O) groups is 1. The van der Waals surface area contributed by atoms with Crippen molar-refractivity contribution in [3.8, 4) is 5.75 Å². The molecule has 1 aliphatic heterocycles. The van der Waals surface area contributed by atoms with E-state index in [0.717, 1.165) is 29.2 Å². The first kappa shape index (κ1) is 14.2. The van der Waals surface area contributed by atoms with Crippen molar-refractivity contribution in [1.29, 1.82) is 0 Å². The third kappa shape index (κ3) is 3.29. The van der Waals surface area contributed by atoms with Crippen molar-refractivity contribution in [1.82, 2.24) is 0 Å². The van der Waals surface area contributed by atoms with Crippen LogP contribution in [-0.4, -0.2) is 12.6 Å². The van der Waals surface area contributed by atoms with Crippen LogP contribution in [0.1, 0.15) is 12.5 Å². The van der Waals surface area contributed by atoms with E-state index in [1.54, 1.807) is 0 Å². The Labute approximate surface area is 137 Å². The highest BCUT2D eigenvalue weighted by atomic mass is 127. The standard InChI is InChI=1S/C16H15IN2O2/c1-11(20)18-14-4-7-16-12(8-14)9-19(10-21-16)15-5-2-13(17)3-6-15/h2-8H,9-10H2,1H3,(H,18,20). The fraction of sp³-hybridized carbons (Fsp3) is 0.188. The highest BCUT2D eigenvalue weighted by Gasteiger charge is 2.18. The number of benzene rings is 2. The fourth-order valence-electron chi connectivity index (χ4n) is 2.34. The molecule has 5 heteroatoms. The first-order valence-corrected chi connectivity index (χ1v) is 7.73. The molecule has 0 aromatic heterocycles. The minimum absolute atomic E-state index is 0.0684. The summed E-state index contributed by atoms with van der Waals surface area (Å²) in [5.74, 6) is 0.812. The van der Waals surface area contributed by atoms with Crippen LogP contribution in [0.3, 0.4) is 0 Å². The normalized spacial score (nSPS) is 13.3. The smallest absolute Gasteiger partial charge is 0.221 e. The van der Waals surface area contributed by atoms with Crippen LogP contribution in [-0.2, 0) is 11.3 Å². The Morgan fingerprint density at radius 2 is 2.00 bits per heavy atom. The molecule has 2 aromatic rings. The molecule has 1 amide bonds. The van der Waals surface area contributed by atoms with Gasteiger partial charge in [0, 0.05) is 34.0 Å². The van der Waals surface area contributed by atoms with Crippen LogP contribution >= 0.6 is 22.6 Å². The molecule has 0 unspecified atom stereocenters. The number of fused-ring (bicyclic) bond motifs is 1. The molecule has 1 heterocycles. The number of nitrogens with zero attached hydrogens (tertiary/aromatic N) is 1. The zero-order chi connectivity index (χ0) is 14.8. The van der Waals surface area contributed by atoms with Gasteiger partial charge in [-0.1, -0.05) is 0 Å².